The number of aromatic amines is 2. The fourth-order valence-corrected chi connectivity index (χ4v) is 5.20. The number of nitrogens with zero attached hydrogens (tertiary/aromatic N) is 2. The van der Waals surface area contributed by atoms with Crippen LogP contribution < -0.4 is 0 Å². The summed E-state index contributed by atoms with van der Waals surface area (Å²) in [6.45, 7) is 0. The van der Waals surface area contributed by atoms with Crippen molar-refractivity contribution in [2.45, 2.75) is 0 Å². The predicted octanol–water partition coefficient (Wildman–Crippen LogP) is 7.95. The van der Waals surface area contributed by atoms with Crippen molar-refractivity contribution >= 4 is 46.4 Å². The maximum absolute atomic E-state index is 5.76. The minimum atomic E-state index is 0.801. The molecule has 2 N–H and O–H groups in total. The summed E-state index contributed by atoms with van der Waals surface area (Å²) in [5, 5.41) is 0. The molecule has 5 aromatic rings. The molecule has 0 fully saturated rings. The van der Waals surface area contributed by atoms with Gasteiger partial charge in [-0.15, -0.1) is 12.8 Å². The summed E-state index contributed by atoms with van der Waals surface area (Å²) in [5.41, 5.74) is 12.6. The molecule has 3 aromatic heterocycles. The fraction of sp³-hybridized carbons (Fsp3) is 0. The molecule has 0 radical (unpaired) electrons. The number of benzene rings is 2. The van der Waals surface area contributed by atoms with E-state index >= 15 is 0 Å². The summed E-state index contributed by atoms with van der Waals surface area (Å²) in [4.78, 5) is 17.2. The standard InChI is InChI=1S/C36H22N4/c1-3-23-7-5-9-25(19-23)35-31-15-13-29(38-31)21-27-11-12-28(37-27)22-30-14-16-32(39-30)36(34-18-17-33(35)40-34)26-10-6-8-24(4-2)20-26/h1-2,5-22,37-38H. The van der Waals surface area contributed by atoms with Gasteiger partial charge in [-0.1, -0.05) is 36.1 Å². The van der Waals surface area contributed by atoms with Crippen molar-refractivity contribution in [3.63, 3.8) is 0 Å². The third-order valence-electron chi connectivity index (χ3n) is 7.03. The predicted molar refractivity (Wildman–Crippen MR) is 166 cm³/mol. The van der Waals surface area contributed by atoms with E-state index in [1.807, 2.05) is 72.8 Å². The topological polar surface area (TPSA) is 57.4 Å². The number of nitrogens with one attached hydrogen (secondary N) is 2. The van der Waals surface area contributed by atoms with Crippen LogP contribution in [0.1, 0.15) is 33.9 Å². The lowest BCUT2D eigenvalue weighted by Crippen LogP contribution is -1.91. The first-order valence-electron chi connectivity index (χ1n) is 12.9. The fourth-order valence-electron chi connectivity index (χ4n) is 5.20. The molecule has 40 heavy (non-hydrogen) atoms. The number of hydrogen-bond acceptors (Lipinski definition) is 2. The van der Waals surface area contributed by atoms with E-state index in [-0.39, 0.29) is 0 Å². The quantitative estimate of drug-likeness (QED) is 0.232. The van der Waals surface area contributed by atoms with E-state index in [9.17, 15) is 0 Å². The molecule has 8 bridgehead atoms. The van der Waals surface area contributed by atoms with Crippen LogP contribution in [-0.2, 0) is 0 Å². The summed E-state index contributed by atoms with van der Waals surface area (Å²) in [5.74, 6) is 5.51. The lowest BCUT2D eigenvalue weighted by Gasteiger charge is -2.06. The lowest BCUT2D eigenvalue weighted by molar-refractivity contribution is 1.27. The summed E-state index contributed by atoms with van der Waals surface area (Å²) in [6, 6.07) is 28.3. The van der Waals surface area contributed by atoms with Gasteiger partial charge in [-0.25, -0.2) is 9.97 Å². The lowest BCUT2D eigenvalue weighted by atomic mass is 10.00. The van der Waals surface area contributed by atoms with Gasteiger partial charge in [-0.3, -0.25) is 0 Å². The molecule has 0 spiro atoms. The van der Waals surface area contributed by atoms with Gasteiger partial charge in [0.1, 0.15) is 0 Å². The van der Waals surface area contributed by atoms with Crippen molar-refractivity contribution in [3.8, 4) is 46.9 Å². The Morgan fingerprint density at radius 2 is 1.10 bits per heavy atom. The maximum atomic E-state index is 5.76. The Kier molecular flexibility index (Phi) is 5.52. The number of fused-ring (bicyclic) bond motifs is 8. The average molecular weight is 511 g/mol. The minimum Gasteiger partial charge on any atom is -0.355 e. The molecule has 0 amide bonds. The number of terminal acetylenes is 2. The Bertz CT molecular complexity index is 2140. The highest BCUT2D eigenvalue weighted by atomic mass is 14.8. The summed E-state index contributed by atoms with van der Waals surface area (Å²) < 4.78 is 0. The highest BCUT2D eigenvalue weighted by Crippen LogP contribution is 2.35. The van der Waals surface area contributed by atoms with Gasteiger partial charge in [0.2, 0.25) is 0 Å². The van der Waals surface area contributed by atoms with Crippen molar-refractivity contribution in [2.75, 3.05) is 0 Å². The normalized spacial score (nSPS) is 11.8. The van der Waals surface area contributed by atoms with E-state index in [0.717, 1.165) is 78.2 Å². The van der Waals surface area contributed by atoms with E-state index < -0.39 is 0 Å². The number of hydrogen-bond donors (Lipinski definition) is 2. The van der Waals surface area contributed by atoms with Gasteiger partial charge in [0.15, 0.2) is 0 Å². The van der Waals surface area contributed by atoms with Crippen molar-refractivity contribution in [3.05, 3.63) is 119 Å². The molecule has 0 atom stereocenters. The SMILES string of the molecule is C#Cc1cccc(-c2c3nc(cc4ccc(cc5ccc([nH]5)c(-c5cccc(C#C)c5)c5nc2C=C5)[nH]4)C=C3)c1. The van der Waals surface area contributed by atoms with Crippen LogP contribution in [0.15, 0.2) is 84.9 Å². The van der Waals surface area contributed by atoms with Crippen molar-refractivity contribution in [1.82, 2.24) is 19.9 Å². The first kappa shape index (κ1) is 23.3. The number of rotatable bonds is 2. The molecular formula is C36H22N4. The van der Waals surface area contributed by atoms with Crippen LogP contribution in [0.4, 0.5) is 0 Å². The Hall–Kier alpha value is -5.84. The average Bonchev–Trinajstić information content (AvgIpc) is 3.80. The zero-order valence-corrected chi connectivity index (χ0v) is 21.4. The zero-order chi connectivity index (χ0) is 27.1. The van der Waals surface area contributed by atoms with Crippen LogP contribution >= 0.6 is 0 Å². The largest absolute Gasteiger partial charge is 0.355 e. The van der Waals surface area contributed by atoms with Gasteiger partial charge in [0, 0.05) is 44.3 Å². The van der Waals surface area contributed by atoms with Crippen LogP contribution in [0.3, 0.4) is 0 Å². The molecule has 2 aliphatic rings. The van der Waals surface area contributed by atoms with E-state index in [1.165, 1.54) is 0 Å². The Labute approximate surface area is 231 Å². The highest BCUT2D eigenvalue weighted by Gasteiger charge is 2.17. The summed E-state index contributed by atoms with van der Waals surface area (Å²) in [7, 11) is 0. The van der Waals surface area contributed by atoms with Gasteiger partial charge in [0.25, 0.3) is 0 Å². The smallest absolute Gasteiger partial charge is 0.0738 e. The van der Waals surface area contributed by atoms with Crippen molar-refractivity contribution in [1.29, 1.82) is 0 Å². The molecule has 0 saturated carbocycles. The van der Waals surface area contributed by atoms with E-state index in [0.29, 0.717) is 0 Å². The summed E-state index contributed by atoms with van der Waals surface area (Å²) >= 11 is 0. The molecule has 0 saturated heterocycles. The highest BCUT2D eigenvalue weighted by molar-refractivity contribution is 5.94. The van der Waals surface area contributed by atoms with Gasteiger partial charge >= 0.3 is 0 Å². The van der Waals surface area contributed by atoms with Gasteiger partial charge in [-0.2, -0.15) is 0 Å². The first-order chi connectivity index (χ1) is 19.7. The first-order valence-corrected chi connectivity index (χ1v) is 12.9. The molecule has 2 aromatic carbocycles. The van der Waals surface area contributed by atoms with Crippen LogP contribution in [0.2, 0.25) is 0 Å². The number of aromatic nitrogens is 4. The molecule has 7 rings (SSSR count). The van der Waals surface area contributed by atoms with E-state index in [2.05, 4.69) is 58.2 Å². The molecule has 5 heterocycles. The van der Waals surface area contributed by atoms with Gasteiger partial charge < -0.3 is 9.97 Å². The van der Waals surface area contributed by atoms with Crippen LogP contribution in [-0.4, -0.2) is 19.9 Å². The Morgan fingerprint density at radius 1 is 0.525 bits per heavy atom. The zero-order valence-electron chi connectivity index (χ0n) is 21.4. The molecular weight excluding hydrogens is 488 g/mol. The molecule has 2 aliphatic heterocycles. The monoisotopic (exact) mass is 510 g/mol. The van der Waals surface area contributed by atoms with Crippen LogP contribution in [0, 0.1) is 24.7 Å². The number of H-pyrrole nitrogens is 2. The maximum Gasteiger partial charge on any atom is 0.0738 e. The Balaban J connectivity index is 1.63. The minimum absolute atomic E-state index is 0.801. The molecule has 0 unspecified atom stereocenters. The van der Waals surface area contributed by atoms with Crippen LogP contribution in [0.5, 0.6) is 0 Å². The second kappa shape index (κ2) is 9.48. The second-order valence-electron chi connectivity index (χ2n) is 9.66. The molecule has 4 nitrogen and oxygen atoms in total. The molecule has 4 heteroatoms. The molecule has 0 aliphatic carbocycles. The molecule has 186 valence electrons. The summed E-state index contributed by atoms with van der Waals surface area (Å²) in [6.07, 6.45) is 19.7. The van der Waals surface area contributed by atoms with E-state index in [4.69, 9.17) is 22.8 Å². The van der Waals surface area contributed by atoms with Crippen LogP contribution in [0.25, 0.3) is 68.6 Å². The van der Waals surface area contributed by atoms with Crippen molar-refractivity contribution < 1.29 is 0 Å². The van der Waals surface area contributed by atoms with Crippen molar-refractivity contribution in [2.24, 2.45) is 0 Å². The second-order valence-corrected chi connectivity index (χ2v) is 9.66. The Morgan fingerprint density at radius 3 is 1.82 bits per heavy atom. The third-order valence-corrected chi connectivity index (χ3v) is 7.03. The van der Waals surface area contributed by atoms with Gasteiger partial charge in [-0.05, 0) is 96.1 Å². The third kappa shape index (κ3) is 4.21. The van der Waals surface area contributed by atoms with E-state index in [1.54, 1.807) is 0 Å². The van der Waals surface area contributed by atoms with Gasteiger partial charge in [0.05, 0.1) is 22.8 Å².